The molecule has 1 amide bonds. The predicted molar refractivity (Wildman–Crippen MR) is 50.0 cm³/mol. The maximum atomic E-state index is 10.9. The highest BCUT2D eigenvalue weighted by Crippen LogP contribution is 2.38. The first kappa shape index (κ1) is 7.63. The van der Waals surface area contributed by atoms with E-state index in [1.54, 1.807) is 11.7 Å². The van der Waals surface area contributed by atoms with E-state index in [9.17, 15) is 4.79 Å². The Morgan fingerprint density at radius 1 is 1.67 bits per heavy atom. The van der Waals surface area contributed by atoms with Crippen LogP contribution in [0.5, 0.6) is 0 Å². The molecule has 1 aliphatic rings. The van der Waals surface area contributed by atoms with Crippen molar-refractivity contribution >= 4 is 40.5 Å². The summed E-state index contributed by atoms with van der Waals surface area (Å²) in [4.78, 5) is 15.7. The Morgan fingerprint density at radius 2 is 2.50 bits per heavy atom. The van der Waals surface area contributed by atoms with Crippen molar-refractivity contribution in [2.24, 2.45) is 10.7 Å². The minimum absolute atomic E-state index is 0.404. The van der Waals surface area contributed by atoms with Gasteiger partial charge in [-0.1, -0.05) is 0 Å². The first-order valence-corrected chi connectivity index (χ1v) is 4.85. The molecule has 2 heterocycles. The van der Waals surface area contributed by atoms with Crippen LogP contribution in [0.1, 0.15) is 10.4 Å². The number of fused-ring (bicyclic) bond motifs is 1. The van der Waals surface area contributed by atoms with Crippen LogP contribution in [-0.2, 0) is 0 Å². The minimum atomic E-state index is -0.404. The summed E-state index contributed by atoms with van der Waals surface area (Å²) in [6.45, 7) is 0. The van der Waals surface area contributed by atoms with E-state index in [4.69, 9.17) is 5.73 Å². The molecule has 0 unspecified atom stereocenters. The van der Waals surface area contributed by atoms with Gasteiger partial charge in [0, 0.05) is 5.38 Å². The first-order chi connectivity index (χ1) is 5.79. The predicted octanol–water partition coefficient (Wildman–Crippen LogP) is 1.12. The molecule has 0 fully saturated rings. The molecule has 6 heteroatoms. The fraction of sp³-hybridized carbons (Fsp3) is 0. The van der Waals surface area contributed by atoms with Crippen LogP contribution in [0, 0.1) is 0 Å². The molecular weight excluding hydrogens is 194 g/mol. The summed E-state index contributed by atoms with van der Waals surface area (Å²) in [5.74, 6) is -0.404. The van der Waals surface area contributed by atoms with Crippen LogP contribution < -0.4 is 10.5 Å². The second-order valence-electron chi connectivity index (χ2n) is 2.13. The molecule has 0 atom stereocenters. The van der Waals surface area contributed by atoms with Gasteiger partial charge in [-0.2, -0.15) is 0 Å². The topological polar surface area (TPSA) is 67.5 Å². The van der Waals surface area contributed by atoms with Gasteiger partial charge in [-0.3, -0.25) is 4.79 Å². The summed E-state index contributed by atoms with van der Waals surface area (Å²) < 4.78 is 2.85. The molecule has 0 aromatic carbocycles. The lowest BCUT2D eigenvalue weighted by Crippen LogP contribution is -2.12. The van der Waals surface area contributed by atoms with Gasteiger partial charge in [0.15, 0.2) is 0 Å². The Hall–Kier alpha value is -1.01. The number of hydrogen-bond acceptors (Lipinski definition) is 5. The Balaban J connectivity index is 2.53. The molecule has 1 aromatic rings. The van der Waals surface area contributed by atoms with E-state index in [1.165, 1.54) is 23.3 Å². The van der Waals surface area contributed by atoms with Gasteiger partial charge in [0.1, 0.15) is 5.00 Å². The van der Waals surface area contributed by atoms with Crippen molar-refractivity contribution in [1.82, 2.24) is 4.72 Å². The second kappa shape index (κ2) is 2.80. The van der Waals surface area contributed by atoms with Crippen LogP contribution in [0.25, 0.3) is 0 Å². The van der Waals surface area contributed by atoms with E-state index in [2.05, 4.69) is 9.71 Å². The van der Waals surface area contributed by atoms with E-state index < -0.39 is 5.91 Å². The number of rotatable bonds is 1. The van der Waals surface area contributed by atoms with Crippen molar-refractivity contribution in [1.29, 1.82) is 0 Å². The van der Waals surface area contributed by atoms with Crippen LogP contribution in [0.2, 0.25) is 0 Å². The van der Waals surface area contributed by atoms with E-state index in [0.717, 1.165) is 9.90 Å². The Labute approximate surface area is 77.0 Å². The largest absolute Gasteiger partial charge is 0.366 e. The molecule has 0 spiro atoms. The number of amides is 1. The van der Waals surface area contributed by atoms with Gasteiger partial charge in [-0.25, -0.2) is 4.99 Å². The highest BCUT2D eigenvalue weighted by Gasteiger charge is 2.17. The Morgan fingerprint density at radius 3 is 3.25 bits per heavy atom. The van der Waals surface area contributed by atoms with Gasteiger partial charge in [-0.15, -0.1) is 11.3 Å². The van der Waals surface area contributed by atoms with Gasteiger partial charge < -0.3 is 10.5 Å². The standard InChI is InChI=1S/C6H5N3OS2/c7-5(10)3-1-11-6-4(3)12-9-2-8-6/h1-2H,(H2,7,10)(H,8,9). The number of carbonyl (C=O) groups excluding carboxylic acids is 1. The Bertz CT molecular complexity index is 358. The third-order valence-electron chi connectivity index (χ3n) is 1.39. The monoisotopic (exact) mass is 199 g/mol. The van der Waals surface area contributed by atoms with Gasteiger partial charge in [0.2, 0.25) is 0 Å². The minimum Gasteiger partial charge on any atom is -0.366 e. The summed E-state index contributed by atoms with van der Waals surface area (Å²) >= 11 is 2.78. The number of nitrogens with two attached hydrogens (primary N) is 1. The summed E-state index contributed by atoms with van der Waals surface area (Å²) in [6, 6.07) is 0. The molecule has 0 aliphatic carbocycles. The van der Waals surface area contributed by atoms with Crippen molar-refractivity contribution in [3.63, 3.8) is 0 Å². The number of nitrogens with one attached hydrogen (secondary N) is 1. The SMILES string of the molecule is NC(=O)c1csc2c1SNC=N2. The third kappa shape index (κ3) is 1.09. The molecule has 3 N–H and O–H groups in total. The van der Waals surface area contributed by atoms with Crippen molar-refractivity contribution < 1.29 is 4.79 Å². The van der Waals surface area contributed by atoms with Gasteiger partial charge in [-0.05, 0) is 11.9 Å². The number of thiophene rings is 1. The summed E-state index contributed by atoms with van der Waals surface area (Å²) in [5, 5.41) is 2.57. The highest BCUT2D eigenvalue weighted by atomic mass is 32.2. The second-order valence-corrected chi connectivity index (χ2v) is 3.83. The average molecular weight is 199 g/mol. The first-order valence-electron chi connectivity index (χ1n) is 3.15. The van der Waals surface area contributed by atoms with Crippen LogP contribution in [0.15, 0.2) is 15.3 Å². The van der Waals surface area contributed by atoms with Crippen molar-refractivity contribution in [2.75, 3.05) is 0 Å². The van der Waals surface area contributed by atoms with Crippen molar-refractivity contribution in [3.8, 4) is 0 Å². The zero-order chi connectivity index (χ0) is 8.55. The fourth-order valence-corrected chi connectivity index (χ4v) is 2.64. The normalized spacial score (nSPS) is 13.7. The molecule has 62 valence electrons. The quantitative estimate of drug-likeness (QED) is 0.666. The summed E-state index contributed by atoms with van der Waals surface area (Å²) in [5.41, 5.74) is 5.70. The number of nitrogens with zero attached hydrogens (tertiary/aromatic N) is 1. The molecule has 1 aliphatic heterocycles. The summed E-state index contributed by atoms with van der Waals surface area (Å²) in [7, 11) is 0. The lowest BCUT2D eigenvalue weighted by molar-refractivity contribution is 0.0998. The Kier molecular flexibility index (Phi) is 1.78. The number of primary amides is 1. The van der Waals surface area contributed by atoms with Gasteiger partial charge in [0.05, 0.1) is 16.8 Å². The lowest BCUT2D eigenvalue weighted by atomic mass is 10.3. The van der Waals surface area contributed by atoms with Crippen LogP contribution in [0.3, 0.4) is 0 Å². The maximum absolute atomic E-state index is 10.9. The number of carbonyl (C=O) groups is 1. The van der Waals surface area contributed by atoms with E-state index in [0.29, 0.717) is 5.56 Å². The van der Waals surface area contributed by atoms with Crippen molar-refractivity contribution in [3.05, 3.63) is 10.9 Å². The van der Waals surface area contributed by atoms with Crippen molar-refractivity contribution in [2.45, 2.75) is 4.90 Å². The van der Waals surface area contributed by atoms with Gasteiger partial charge in [0.25, 0.3) is 5.91 Å². The number of aliphatic imine (C=N–C) groups is 1. The van der Waals surface area contributed by atoms with Crippen LogP contribution in [-0.4, -0.2) is 12.2 Å². The lowest BCUT2D eigenvalue weighted by Gasteiger charge is -2.05. The average Bonchev–Trinajstić information content (AvgIpc) is 2.47. The molecule has 1 aromatic heterocycles. The third-order valence-corrected chi connectivity index (χ3v) is 3.24. The molecule has 0 saturated carbocycles. The smallest absolute Gasteiger partial charge is 0.250 e. The summed E-state index contributed by atoms with van der Waals surface area (Å²) in [6.07, 6.45) is 1.59. The molecule has 0 bridgehead atoms. The number of hydrogen-bond donors (Lipinski definition) is 2. The zero-order valence-corrected chi connectivity index (χ0v) is 7.54. The maximum Gasteiger partial charge on any atom is 0.250 e. The fourth-order valence-electron chi connectivity index (χ4n) is 0.865. The molecule has 12 heavy (non-hydrogen) atoms. The van der Waals surface area contributed by atoms with Gasteiger partial charge >= 0.3 is 0 Å². The van der Waals surface area contributed by atoms with E-state index in [-0.39, 0.29) is 0 Å². The molecule has 0 radical (unpaired) electrons. The molecule has 0 saturated heterocycles. The zero-order valence-electron chi connectivity index (χ0n) is 5.90. The molecular formula is C6H5N3OS2. The van der Waals surface area contributed by atoms with Crippen LogP contribution >= 0.6 is 23.3 Å². The van der Waals surface area contributed by atoms with E-state index in [1.807, 2.05) is 0 Å². The highest BCUT2D eigenvalue weighted by molar-refractivity contribution is 7.98. The van der Waals surface area contributed by atoms with Crippen LogP contribution in [0.4, 0.5) is 5.00 Å². The molecule has 4 nitrogen and oxygen atoms in total. The van der Waals surface area contributed by atoms with E-state index >= 15 is 0 Å². The molecule has 2 rings (SSSR count).